The van der Waals surface area contributed by atoms with Gasteiger partial charge in [-0.1, -0.05) is 0 Å². The van der Waals surface area contributed by atoms with E-state index in [0.29, 0.717) is 48.8 Å². The third-order valence-corrected chi connectivity index (χ3v) is 4.75. The van der Waals surface area contributed by atoms with Crippen molar-refractivity contribution in [3.63, 3.8) is 0 Å². The van der Waals surface area contributed by atoms with Crippen LogP contribution < -0.4 is 4.90 Å². The predicted octanol–water partition coefficient (Wildman–Crippen LogP) is 2.56. The molecule has 142 valence electrons. The van der Waals surface area contributed by atoms with Gasteiger partial charge in [0.05, 0.1) is 12.2 Å². The minimum absolute atomic E-state index is 0.295. The third-order valence-electron chi connectivity index (χ3n) is 4.75. The van der Waals surface area contributed by atoms with E-state index in [1.165, 1.54) is 12.4 Å². The van der Waals surface area contributed by atoms with Crippen LogP contribution >= 0.6 is 0 Å². The van der Waals surface area contributed by atoms with Gasteiger partial charge < -0.3 is 9.64 Å². The predicted molar refractivity (Wildman–Crippen MR) is 90.2 cm³/mol. The van der Waals surface area contributed by atoms with Crippen molar-refractivity contribution >= 4 is 11.5 Å². The minimum Gasteiger partial charge on any atom is -0.380 e. The summed E-state index contributed by atoms with van der Waals surface area (Å²) < 4.78 is 46.0. The van der Waals surface area contributed by atoms with Crippen molar-refractivity contribution in [2.24, 2.45) is 0 Å². The highest BCUT2D eigenvalue weighted by Gasteiger charge is 2.33. The van der Waals surface area contributed by atoms with E-state index in [-0.39, 0.29) is 0 Å². The number of aromatic nitrogens is 5. The Bertz CT molecular complexity index is 1000. The van der Waals surface area contributed by atoms with Crippen LogP contribution in [0, 0.1) is 6.92 Å². The Morgan fingerprint density at radius 2 is 2.11 bits per heavy atom. The molecule has 4 rings (SSSR count). The van der Waals surface area contributed by atoms with Gasteiger partial charge in [0.15, 0.2) is 11.5 Å². The number of pyridine rings is 1. The maximum absolute atomic E-state index is 13.0. The Morgan fingerprint density at radius 3 is 2.85 bits per heavy atom. The maximum Gasteiger partial charge on any atom is 0.417 e. The van der Waals surface area contributed by atoms with Gasteiger partial charge >= 0.3 is 6.18 Å². The Kier molecular flexibility index (Phi) is 4.22. The van der Waals surface area contributed by atoms with Gasteiger partial charge in [0.2, 0.25) is 0 Å². The number of rotatable bonds is 3. The standard InChI is InChI=1S/C17H17F3N6O/c1-10-13(8-27-2)16(24-26-9-22-23-15(10)26)25-4-3-14-11(7-25)5-12(6-21-14)17(18,19)20/h5-6,9H,3-4,7-8H2,1-2H3. The zero-order valence-electron chi connectivity index (χ0n) is 14.8. The van der Waals surface area contributed by atoms with Crippen molar-refractivity contribution in [2.45, 2.75) is 32.7 Å². The summed E-state index contributed by atoms with van der Waals surface area (Å²) in [5, 5.41) is 12.5. The molecule has 4 heterocycles. The molecule has 0 aromatic carbocycles. The second-order valence-corrected chi connectivity index (χ2v) is 6.46. The molecule has 7 nitrogen and oxygen atoms in total. The Hall–Kier alpha value is -2.75. The van der Waals surface area contributed by atoms with E-state index in [4.69, 9.17) is 4.74 Å². The molecule has 0 spiro atoms. The van der Waals surface area contributed by atoms with Crippen LogP contribution in [0.5, 0.6) is 0 Å². The fourth-order valence-electron chi connectivity index (χ4n) is 3.35. The normalized spacial score (nSPS) is 14.6. The molecule has 3 aromatic heterocycles. The number of anilines is 1. The number of aryl methyl sites for hydroxylation is 1. The van der Waals surface area contributed by atoms with E-state index in [0.717, 1.165) is 17.3 Å². The second-order valence-electron chi connectivity index (χ2n) is 6.46. The zero-order chi connectivity index (χ0) is 19.2. The van der Waals surface area contributed by atoms with Crippen LogP contribution in [0.2, 0.25) is 0 Å². The largest absolute Gasteiger partial charge is 0.417 e. The molecule has 0 aliphatic carbocycles. The van der Waals surface area contributed by atoms with Crippen LogP contribution in [-0.4, -0.2) is 38.4 Å². The van der Waals surface area contributed by atoms with Crippen molar-refractivity contribution in [1.82, 2.24) is 24.8 Å². The van der Waals surface area contributed by atoms with Gasteiger partial charge in [-0.15, -0.1) is 15.3 Å². The first kappa shape index (κ1) is 17.7. The van der Waals surface area contributed by atoms with Crippen molar-refractivity contribution < 1.29 is 17.9 Å². The number of halogens is 3. The zero-order valence-corrected chi connectivity index (χ0v) is 14.8. The second kappa shape index (κ2) is 6.45. The molecule has 0 unspecified atom stereocenters. The lowest BCUT2D eigenvalue weighted by atomic mass is 10.0. The average molecular weight is 378 g/mol. The fourth-order valence-corrected chi connectivity index (χ4v) is 3.35. The number of hydrogen-bond donors (Lipinski definition) is 0. The number of ether oxygens (including phenoxy) is 1. The molecule has 0 N–H and O–H groups in total. The van der Waals surface area contributed by atoms with Crippen LogP contribution in [0.4, 0.5) is 19.0 Å². The minimum atomic E-state index is -4.41. The van der Waals surface area contributed by atoms with Gasteiger partial charge in [-0.05, 0) is 18.6 Å². The Morgan fingerprint density at radius 1 is 1.30 bits per heavy atom. The van der Waals surface area contributed by atoms with Gasteiger partial charge in [0.1, 0.15) is 6.33 Å². The van der Waals surface area contributed by atoms with E-state index in [9.17, 15) is 13.2 Å². The molecule has 0 amide bonds. The van der Waals surface area contributed by atoms with Gasteiger partial charge in [0, 0.05) is 49.6 Å². The highest BCUT2D eigenvalue weighted by molar-refractivity contribution is 5.60. The van der Waals surface area contributed by atoms with E-state index in [1.807, 2.05) is 11.8 Å². The molecule has 0 atom stereocenters. The summed E-state index contributed by atoms with van der Waals surface area (Å²) in [6.45, 7) is 3.12. The summed E-state index contributed by atoms with van der Waals surface area (Å²) in [4.78, 5) is 5.96. The summed E-state index contributed by atoms with van der Waals surface area (Å²) in [7, 11) is 1.59. The highest BCUT2D eigenvalue weighted by Crippen LogP contribution is 2.33. The summed E-state index contributed by atoms with van der Waals surface area (Å²) in [5.41, 5.74) is 2.87. The topological polar surface area (TPSA) is 68.4 Å². The third kappa shape index (κ3) is 3.09. The molecular weight excluding hydrogens is 361 g/mol. The number of hydrogen-bond acceptors (Lipinski definition) is 6. The quantitative estimate of drug-likeness (QED) is 0.698. The van der Waals surface area contributed by atoms with Crippen molar-refractivity contribution in [2.75, 3.05) is 18.6 Å². The number of methoxy groups -OCH3 is 1. The molecule has 10 heteroatoms. The Labute approximate surface area is 152 Å². The van der Waals surface area contributed by atoms with Crippen LogP contribution in [0.1, 0.15) is 27.9 Å². The van der Waals surface area contributed by atoms with Gasteiger partial charge in [-0.3, -0.25) is 4.98 Å². The smallest absolute Gasteiger partial charge is 0.380 e. The number of nitrogens with zero attached hydrogens (tertiary/aromatic N) is 6. The molecular formula is C17H17F3N6O. The lowest BCUT2D eigenvalue weighted by Crippen LogP contribution is -2.33. The van der Waals surface area contributed by atoms with Crippen LogP contribution in [0.15, 0.2) is 18.6 Å². The highest BCUT2D eigenvalue weighted by atomic mass is 19.4. The molecule has 0 fully saturated rings. The molecule has 0 bridgehead atoms. The average Bonchev–Trinajstić information content (AvgIpc) is 3.11. The van der Waals surface area contributed by atoms with Crippen molar-refractivity contribution in [1.29, 1.82) is 0 Å². The number of alkyl halides is 3. The molecule has 0 saturated heterocycles. The first-order valence-corrected chi connectivity index (χ1v) is 8.37. The number of fused-ring (bicyclic) bond motifs is 2. The summed E-state index contributed by atoms with van der Waals surface area (Å²) in [5.74, 6) is 0.657. The van der Waals surface area contributed by atoms with Crippen molar-refractivity contribution in [3.8, 4) is 0 Å². The van der Waals surface area contributed by atoms with E-state index in [1.54, 1.807) is 11.6 Å². The Balaban J connectivity index is 1.76. The summed E-state index contributed by atoms with van der Waals surface area (Å²) in [6, 6.07) is 1.18. The first-order valence-electron chi connectivity index (χ1n) is 8.37. The van der Waals surface area contributed by atoms with Gasteiger partial charge in [-0.2, -0.15) is 17.7 Å². The fraction of sp³-hybridized carbons (Fsp3) is 0.412. The first-order chi connectivity index (χ1) is 12.9. The molecule has 0 radical (unpaired) electrons. The maximum atomic E-state index is 13.0. The molecule has 27 heavy (non-hydrogen) atoms. The van der Waals surface area contributed by atoms with E-state index >= 15 is 0 Å². The SMILES string of the molecule is COCc1c(N2CCc3ncc(C(F)(F)F)cc3C2)nn2cnnc2c1C. The van der Waals surface area contributed by atoms with E-state index < -0.39 is 11.7 Å². The molecule has 1 aliphatic heterocycles. The molecule has 1 aliphatic rings. The molecule has 0 saturated carbocycles. The monoisotopic (exact) mass is 378 g/mol. The van der Waals surface area contributed by atoms with E-state index in [2.05, 4.69) is 20.3 Å². The lowest BCUT2D eigenvalue weighted by Gasteiger charge is -2.31. The summed E-state index contributed by atoms with van der Waals surface area (Å²) >= 11 is 0. The van der Waals surface area contributed by atoms with Crippen LogP contribution in [0.3, 0.4) is 0 Å². The van der Waals surface area contributed by atoms with Gasteiger partial charge in [-0.25, -0.2) is 0 Å². The summed E-state index contributed by atoms with van der Waals surface area (Å²) in [6.07, 6.45) is -1.47. The molecule has 3 aromatic rings. The van der Waals surface area contributed by atoms with Crippen LogP contribution in [-0.2, 0) is 30.5 Å². The van der Waals surface area contributed by atoms with Crippen LogP contribution in [0.25, 0.3) is 5.65 Å². The van der Waals surface area contributed by atoms with Crippen molar-refractivity contribution in [3.05, 3.63) is 46.5 Å². The lowest BCUT2D eigenvalue weighted by molar-refractivity contribution is -0.137. The van der Waals surface area contributed by atoms with Gasteiger partial charge in [0.25, 0.3) is 0 Å².